The third-order valence-electron chi connectivity index (χ3n) is 3.96. The predicted octanol–water partition coefficient (Wildman–Crippen LogP) is 2.85. The summed E-state index contributed by atoms with van der Waals surface area (Å²) < 4.78 is 0. The number of amides is 1. The van der Waals surface area contributed by atoms with Crippen molar-refractivity contribution >= 4 is 11.9 Å². The lowest BCUT2D eigenvalue weighted by molar-refractivity contribution is -0.138. The average molecular weight is 275 g/mol. The van der Waals surface area contributed by atoms with Gasteiger partial charge in [-0.3, -0.25) is 9.59 Å². The van der Waals surface area contributed by atoms with Crippen LogP contribution in [0.2, 0.25) is 0 Å². The predicted molar refractivity (Wildman–Crippen MR) is 76.7 cm³/mol. The van der Waals surface area contributed by atoms with Gasteiger partial charge in [0.1, 0.15) is 6.54 Å². The SMILES string of the molecule is Cc1ccccc1C(=O)N(CC(=O)O)C1CCCCC1. The van der Waals surface area contributed by atoms with Crippen molar-refractivity contribution < 1.29 is 14.7 Å². The van der Waals surface area contributed by atoms with Crippen LogP contribution >= 0.6 is 0 Å². The monoisotopic (exact) mass is 275 g/mol. The van der Waals surface area contributed by atoms with Crippen LogP contribution in [-0.2, 0) is 4.79 Å². The number of benzene rings is 1. The third kappa shape index (κ3) is 3.38. The molecule has 1 aromatic carbocycles. The summed E-state index contributed by atoms with van der Waals surface area (Å²) in [5.74, 6) is -1.10. The maximum Gasteiger partial charge on any atom is 0.323 e. The number of carboxylic acid groups (broad SMARTS) is 1. The molecule has 1 aliphatic rings. The van der Waals surface area contributed by atoms with Crippen molar-refractivity contribution in [3.8, 4) is 0 Å². The topological polar surface area (TPSA) is 57.6 Å². The van der Waals surface area contributed by atoms with E-state index in [2.05, 4.69) is 0 Å². The van der Waals surface area contributed by atoms with Crippen LogP contribution in [0, 0.1) is 6.92 Å². The van der Waals surface area contributed by atoms with E-state index in [9.17, 15) is 9.59 Å². The summed E-state index contributed by atoms with van der Waals surface area (Å²) in [6.07, 6.45) is 5.13. The van der Waals surface area contributed by atoms with Crippen molar-refractivity contribution in [1.82, 2.24) is 4.90 Å². The van der Waals surface area contributed by atoms with Crippen LogP contribution in [-0.4, -0.2) is 34.5 Å². The lowest BCUT2D eigenvalue weighted by Gasteiger charge is -2.33. The molecule has 0 unspecified atom stereocenters. The number of hydrogen-bond donors (Lipinski definition) is 1. The molecule has 2 rings (SSSR count). The number of hydrogen-bond acceptors (Lipinski definition) is 2. The lowest BCUT2D eigenvalue weighted by Crippen LogP contribution is -2.44. The van der Waals surface area contributed by atoms with Gasteiger partial charge in [-0.2, -0.15) is 0 Å². The molecule has 1 aromatic rings. The standard InChI is InChI=1S/C16H21NO3/c1-12-7-5-6-10-14(12)16(20)17(11-15(18)19)13-8-3-2-4-9-13/h5-7,10,13H,2-4,8-9,11H2,1H3,(H,18,19). The van der Waals surface area contributed by atoms with Crippen molar-refractivity contribution in [3.63, 3.8) is 0 Å². The van der Waals surface area contributed by atoms with Gasteiger partial charge in [0.05, 0.1) is 0 Å². The molecule has 0 atom stereocenters. The summed E-state index contributed by atoms with van der Waals surface area (Å²) in [5, 5.41) is 9.09. The maximum atomic E-state index is 12.7. The molecule has 4 nitrogen and oxygen atoms in total. The molecule has 0 aromatic heterocycles. The molecule has 0 radical (unpaired) electrons. The highest BCUT2D eigenvalue weighted by Gasteiger charge is 2.28. The summed E-state index contributed by atoms with van der Waals surface area (Å²) in [7, 11) is 0. The van der Waals surface area contributed by atoms with Crippen molar-refractivity contribution in [2.45, 2.75) is 45.1 Å². The van der Waals surface area contributed by atoms with Gasteiger partial charge in [0, 0.05) is 11.6 Å². The molecule has 1 N–H and O–H groups in total. The van der Waals surface area contributed by atoms with E-state index >= 15 is 0 Å². The van der Waals surface area contributed by atoms with E-state index in [-0.39, 0.29) is 18.5 Å². The second-order valence-electron chi connectivity index (χ2n) is 5.43. The van der Waals surface area contributed by atoms with E-state index in [1.807, 2.05) is 25.1 Å². The van der Waals surface area contributed by atoms with Gasteiger partial charge in [-0.05, 0) is 31.4 Å². The highest BCUT2D eigenvalue weighted by atomic mass is 16.4. The van der Waals surface area contributed by atoms with Crippen LogP contribution in [0.5, 0.6) is 0 Å². The minimum atomic E-state index is -0.947. The lowest BCUT2D eigenvalue weighted by atomic mass is 9.93. The Labute approximate surface area is 119 Å². The Morgan fingerprint density at radius 1 is 1.20 bits per heavy atom. The molecule has 108 valence electrons. The molecular weight excluding hydrogens is 254 g/mol. The summed E-state index contributed by atoms with van der Waals surface area (Å²) in [6.45, 7) is 1.67. The quantitative estimate of drug-likeness (QED) is 0.919. The molecule has 1 fully saturated rings. The van der Waals surface area contributed by atoms with E-state index in [0.29, 0.717) is 5.56 Å². The van der Waals surface area contributed by atoms with Crippen molar-refractivity contribution in [2.75, 3.05) is 6.54 Å². The summed E-state index contributed by atoms with van der Waals surface area (Å²) in [6, 6.07) is 7.42. The first kappa shape index (κ1) is 14.6. The van der Waals surface area contributed by atoms with Crippen LogP contribution in [0.25, 0.3) is 0 Å². The largest absolute Gasteiger partial charge is 0.480 e. The number of carbonyl (C=O) groups excluding carboxylic acids is 1. The fourth-order valence-electron chi connectivity index (χ4n) is 2.87. The number of rotatable bonds is 4. The molecule has 0 spiro atoms. The van der Waals surface area contributed by atoms with Crippen molar-refractivity contribution in [2.24, 2.45) is 0 Å². The molecule has 0 aliphatic heterocycles. The normalized spacial score (nSPS) is 15.8. The molecule has 0 heterocycles. The van der Waals surface area contributed by atoms with E-state index < -0.39 is 5.97 Å². The van der Waals surface area contributed by atoms with Crippen LogP contribution < -0.4 is 0 Å². The van der Waals surface area contributed by atoms with Gasteiger partial charge in [-0.15, -0.1) is 0 Å². The minimum Gasteiger partial charge on any atom is -0.480 e. The number of aliphatic carboxylic acids is 1. The van der Waals surface area contributed by atoms with Gasteiger partial charge in [0.15, 0.2) is 0 Å². The first-order chi connectivity index (χ1) is 9.59. The molecule has 1 saturated carbocycles. The van der Waals surface area contributed by atoms with Gasteiger partial charge >= 0.3 is 5.97 Å². The summed E-state index contributed by atoms with van der Waals surface area (Å²) in [4.78, 5) is 25.3. The van der Waals surface area contributed by atoms with Crippen molar-refractivity contribution in [1.29, 1.82) is 0 Å². The highest BCUT2D eigenvalue weighted by molar-refractivity contribution is 5.97. The molecule has 1 aliphatic carbocycles. The molecule has 0 bridgehead atoms. The number of carbonyl (C=O) groups is 2. The first-order valence-electron chi connectivity index (χ1n) is 7.18. The van der Waals surface area contributed by atoms with E-state index in [1.54, 1.807) is 11.0 Å². The van der Waals surface area contributed by atoms with E-state index in [4.69, 9.17) is 5.11 Å². The Balaban J connectivity index is 2.23. The van der Waals surface area contributed by atoms with Gasteiger partial charge in [-0.25, -0.2) is 0 Å². The third-order valence-corrected chi connectivity index (χ3v) is 3.96. The minimum absolute atomic E-state index is 0.0620. The Morgan fingerprint density at radius 3 is 2.45 bits per heavy atom. The fraction of sp³-hybridized carbons (Fsp3) is 0.500. The van der Waals surface area contributed by atoms with E-state index in [0.717, 1.165) is 31.2 Å². The second kappa shape index (κ2) is 6.55. The van der Waals surface area contributed by atoms with Gasteiger partial charge < -0.3 is 10.0 Å². The summed E-state index contributed by atoms with van der Waals surface area (Å²) >= 11 is 0. The maximum absolute atomic E-state index is 12.7. The Hall–Kier alpha value is -1.84. The molecule has 20 heavy (non-hydrogen) atoms. The number of aryl methyl sites for hydroxylation is 1. The zero-order valence-electron chi connectivity index (χ0n) is 11.8. The fourth-order valence-corrected chi connectivity index (χ4v) is 2.87. The zero-order chi connectivity index (χ0) is 14.5. The summed E-state index contributed by atoms with van der Waals surface area (Å²) in [5.41, 5.74) is 1.50. The van der Waals surface area contributed by atoms with Gasteiger partial charge in [0.2, 0.25) is 0 Å². The average Bonchev–Trinajstić information content (AvgIpc) is 2.45. The molecule has 1 amide bonds. The molecule has 0 saturated heterocycles. The van der Waals surface area contributed by atoms with Crippen molar-refractivity contribution in [3.05, 3.63) is 35.4 Å². The van der Waals surface area contributed by atoms with Crippen LogP contribution in [0.15, 0.2) is 24.3 Å². The Kier molecular flexibility index (Phi) is 4.77. The zero-order valence-corrected chi connectivity index (χ0v) is 11.8. The number of carboxylic acids is 1. The second-order valence-corrected chi connectivity index (χ2v) is 5.43. The molecule has 4 heteroatoms. The smallest absolute Gasteiger partial charge is 0.323 e. The Morgan fingerprint density at radius 2 is 1.85 bits per heavy atom. The molecular formula is C16H21NO3. The Bertz CT molecular complexity index is 492. The van der Waals surface area contributed by atoms with Crippen LogP contribution in [0.4, 0.5) is 0 Å². The first-order valence-corrected chi connectivity index (χ1v) is 7.18. The van der Waals surface area contributed by atoms with E-state index in [1.165, 1.54) is 6.42 Å². The highest BCUT2D eigenvalue weighted by Crippen LogP contribution is 2.24. The van der Waals surface area contributed by atoms with Gasteiger partial charge in [-0.1, -0.05) is 37.5 Å². The van der Waals surface area contributed by atoms with Gasteiger partial charge in [0.25, 0.3) is 5.91 Å². The van der Waals surface area contributed by atoms with Crippen LogP contribution in [0.1, 0.15) is 48.0 Å². The number of nitrogens with zero attached hydrogens (tertiary/aromatic N) is 1. The van der Waals surface area contributed by atoms with Crippen LogP contribution in [0.3, 0.4) is 0 Å².